The van der Waals surface area contributed by atoms with Gasteiger partial charge >= 0.3 is 0 Å². The Morgan fingerprint density at radius 3 is 2.78 bits per heavy atom. The highest BCUT2D eigenvalue weighted by Gasteiger charge is 2.29. The zero-order valence-electron chi connectivity index (χ0n) is 13.9. The second-order valence-corrected chi connectivity index (χ2v) is 7.18. The summed E-state index contributed by atoms with van der Waals surface area (Å²) in [6.45, 7) is 5.86. The number of benzene rings is 1. The number of rotatable bonds is 4. The molecule has 1 saturated heterocycles. The molecule has 1 amide bonds. The molecule has 1 fully saturated rings. The summed E-state index contributed by atoms with van der Waals surface area (Å²) in [5, 5.41) is 4.29. The summed E-state index contributed by atoms with van der Waals surface area (Å²) in [6.07, 6.45) is 0.937. The summed E-state index contributed by atoms with van der Waals surface area (Å²) in [7, 11) is 1.91. The Morgan fingerprint density at radius 2 is 2.13 bits per heavy atom. The maximum atomic E-state index is 12.6. The van der Waals surface area contributed by atoms with Crippen LogP contribution in [0.15, 0.2) is 30.3 Å². The Kier molecular flexibility index (Phi) is 4.78. The van der Waals surface area contributed by atoms with Gasteiger partial charge in [0.2, 0.25) is 5.91 Å². The van der Waals surface area contributed by atoms with E-state index in [1.807, 2.05) is 37.1 Å². The van der Waals surface area contributed by atoms with Crippen molar-refractivity contribution < 1.29 is 4.79 Å². The topological polar surface area (TPSA) is 45.2 Å². The van der Waals surface area contributed by atoms with Crippen molar-refractivity contribution in [1.29, 1.82) is 0 Å². The number of amides is 1. The van der Waals surface area contributed by atoms with Crippen molar-refractivity contribution in [1.82, 2.24) is 15.2 Å². The normalized spacial score (nSPS) is 18.8. The van der Waals surface area contributed by atoms with Crippen molar-refractivity contribution in [2.45, 2.75) is 26.3 Å². The quantitative estimate of drug-likeness (QED) is 0.936. The first-order valence-corrected chi connectivity index (χ1v) is 8.89. The zero-order valence-corrected chi connectivity index (χ0v) is 14.7. The molecule has 5 heteroatoms. The molecule has 122 valence electrons. The van der Waals surface area contributed by atoms with Crippen LogP contribution in [0.1, 0.15) is 30.0 Å². The fourth-order valence-corrected chi connectivity index (χ4v) is 4.19. The Labute approximate surface area is 141 Å². The van der Waals surface area contributed by atoms with Crippen LogP contribution in [-0.4, -0.2) is 35.9 Å². The van der Waals surface area contributed by atoms with Crippen LogP contribution in [0, 0.1) is 12.8 Å². The third-order valence-electron chi connectivity index (χ3n) is 4.57. The Bertz CT molecular complexity index is 677. The van der Waals surface area contributed by atoms with Crippen LogP contribution < -0.4 is 5.32 Å². The SMILES string of the molecule is Cc1nc(-c2ccccc2)sc1C(C)N(C)C(=O)C1CCNC1. The van der Waals surface area contributed by atoms with Gasteiger partial charge < -0.3 is 10.2 Å². The van der Waals surface area contributed by atoms with E-state index in [1.54, 1.807) is 11.3 Å². The number of nitrogens with one attached hydrogen (secondary N) is 1. The lowest BCUT2D eigenvalue weighted by molar-refractivity contribution is -0.135. The second kappa shape index (κ2) is 6.81. The molecule has 4 nitrogen and oxygen atoms in total. The summed E-state index contributed by atoms with van der Waals surface area (Å²) >= 11 is 1.69. The van der Waals surface area contributed by atoms with Gasteiger partial charge in [0.1, 0.15) is 5.01 Å². The van der Waals surface area contributed by atoms with Crippen LogP contribution in [-0.2, 0) is 4.79 Å². The number of hydrogen-bond donors (Lipinski definition) is 1. The van der Waals surface area contributed by atoms with E-state index in [0.29, 0.717) is 0 Å². The van der Waals surface area contributed by atoms with E-state index >= 15 is 0 Å². The van der Waals surface area contributed by atoms with Crippen LogP contribution in [0.5, 0.6) is 0 Å². The van der Waals surface area contributed by atoms with E-state index in [9.17, 15) is 4.79 Å². The van der Waals surface area contributed by atoms with Gasteiger partial charge in [0.05, 0.1) is 22.5 Å². The fourth-order valence-electron chi connectivity index (χ4n) is 3.02. The number of nitrogens with zero attached hydrogens (tertiary/aromatic N) is 2. The van der Waals surface area contributed by atoms with E-state index in [-0.39, 0.29) is 17.9 Å². The minimum Gasteiger partial charge on any atom is -0.338 e. The highest BCUT2D eigenvalue weighted by Crippen LogP contribution is 2.34. The average molecular weight is 329 g/mol. The molecule has 1 N–H and O–H groups in total. The Balaban J connectivity index is 1.80. The van der Waals surface area contributed by atoms with Gasteiger partial charge in [-0.3, -0.25) is 4.79 Å². The molecule has 1 aromatic carbocycles. The molecule has 23 heavy (non-hydrogen) atoms. The molecule has 0 aliphatic carbocycles. The summed E-state index contributed by atoms with van der Waals surface area (Å²) in [6, 6.07) is 10.3. The lowest BCUT2D eigenvalue weighted by atomic mass is 10.1. The zero-order chi connectivity index (χ0) is 16.4. The fraction of sp³-hybridized carbons (Fsp3) is 0.444. The Hall–Kier alpha value is -1.72. The monoisotopic (exact) mass is 329 g/mol. The first-order chi connectivity index (χ1) is 11.1. The van der Waals surface area contributed by atoms with Crippen LogP contribution in [0.2, 0.25) is 0 Å². The minimum absolute atomic E-state index is 0.0538. The molecular formula is C18H23N3OS. The average Bonchev–Trinajstić information content (AvgIpc) is 3.23. The van der Waals surface area contributed by atoms with Gasteiger partial charge in [-0.2, -0.15) is 0 Å². The van der Waals surface area contributed by atoms with E-state index in [4.69, 9.17) is 4.98 Å². The molecule has 0 radical (unpaired) electrons. The summed E-state index contributed by atoms with van der Waals surface area (Å²) in [5.41, 5.74) is 2.15. The number of carbonyl (C=O) groups excluding carboxylic acids is 1. The van der Waals surface area contributed by atoms with Gasteiger partial charge in [0.25, 0.3) is 0 Å². The lowest BCUT2D eigenvalue weighted by Crippen LogP contribution is -2.35. The van der Waals surface area contributed by atoms with Gasteiger partial charge in [-0.1, -0.05) is 30.3 Å². The van der Waals surface area contributed by atoms with E-state index in [1.165, 1.54) is 4.88 Å². The molecule has 2 heterocycles. The summed E-state index contributed by atoms with van der Waals surface area (Å²) in [4.78, 5) is 20.4. The molecular weight excluding hydrogens is 306 g/mol. The molecule has 2 aromatic rings. The van der Waals surface area contributed by atoms with Gasteiger partial charge in [-0.05, 0) is 26.8 Å². The maximum Gasteiger partial charge on any atom is 0.227 e. The number of thiazole rings is 1. The van der Waals surface area contributed by atoms with E-state index in [2.05, 4.69) is 24.4 Å². The third kappa shape index (κ3) is 3.31. The van der Waals surface area contributed by atoms with Crippen LogP contribution in [0.4, 0.5) is 0 Å². The van der Waals surface area contributed by atoms with Gasteiger partial charge in [-0.15, -0.1) is 11.3 Å². The van der Waals surface area contributed by atoms with Crippen LogP contribution >= 0.6 is 11.3 Å². The minimum atomic E-state index is 0.0538. The molecule has 3 rings (SSSR count). The van der Waals surface area contributed by atoms with E-state index in [0.717, 1.165) is 35.8 Å². The van der Waals surface area contributed by atoms with E-state index < -0.39 is 0 Å². The van der Waals surface area contributed by atoms with Crippen LogP contribution in [0.3, 0.4) is 0 Å². The predicted octanol–water partition coefficient (Wildman–Crippen LogP) is 3.25. The van der Waals surface area contributed by atoms with Crippen molar-refractivity contribution in [3.05, 3.63) is 40.9 Å². The van der Waals surface area contributed by atoms with Crippen molar-refractivity contribution in [2.24, 2.45) is 5.92 Å². The lowest BCUT2D eigenvalue weighted by Gasteiger charge is -2.27. The molecule has 0 saturated carbocycles. The molecule has 2 unspecified atom stereocenters. The predicted molar refractivity (Wildman–Crippen MR) is 94.4 cm³/mol. The third-order valence-corrected chi connectivity index (χ3v) is 5.95. The van der Waals surface area contributed by atoms with Crippen molar-refractivity contribution in [3.63, 3.8) is 0 Å². The van der Waals surface area contributed by atoms with Crippen molar-refractivity contribution in [3.8, 4) is 10.6 Å². The molecule has 2 atom stereocenters. The number of aryl methyl sites for hydroxylation is 1. The molecule has 1 aromatic heterocycles. The first-order valence-electron chi connectivity index (χ1n) is 8.08. The standard InChI is InChI=1S/C18H23N3OS/c1-12-16(23-17(20-12)14-7-5-4-6-8-14)13(2)21(3)18(22)15-9-10-19-11-15/h4-8,13,15,19H,9-11H2,1-3H3. The number of aromatic nitrogens is 1. The molecule has 1 aliphatic heterocycles. The highest BCUT2D eigenvalue weighted by molar-refractivity contribution is 7.15. The van der Waals surface area contributed by atoms with Crippen molar-refractivity contribution in [2.75, 3.05) is 20.1 Å². The largest absolute Gasteiger partial charge is 0.338 e. The van der Waals surface area contributed by atoms with Crippen LogP contribution in [0.25, 0.3) is 10.6 Å². The van der Waals surface area contributed by atoms with Gasteiger partial charge in [0, 0.05) is 19.2 Å². The highest BCUT2D eigenvalue weighted by atomic mass is 32.1. The number of hydrogen-bond acceptors (Lipinski definition) is 4. The molecule has 1 aliphatic rings. The second-order valence-electron chi connectivity index (χ2n) is 6.15. The maximum absolute atomic E-state index is 12.6. The van der Waals surface area contributed by atoms with Gasteiger partial charge in [-0.25, -0.2) is 4.98 Å². The molecule has 0 bridgehead atoms. The first kappa shape index (κ1) is 16.1. The Morgan fingerprint density at radius 1 is 1.39 bits per heavy atom. The summed E-state index contributed by atoms with van der Waals surface area (Å²) < 4.78 is 0. The van der Waals surface area contributed by atoms with Gasteiger partial charge in [0.15, 0.2) is 0 Å². The summed E-state index contributed by atoms with van der Waals surface area (Å²) in [5.74, 6) is 0.348. The smallest absolute Gasteiger partial charge is 0.227 e. The number of carbonyl (C=O) groups is 1. The van der Waals surface area contributed by atoms with Crippen molar-refractivity contribution >= 4 is 17.2 Å². The molecule has 0 spiro atoms.